The van der Waals surface area contributed by atoms with E-state index in [1.807, 2.05) is 24.3 Å². The Morgan fingerprint density at radius 3 is 2.80 bits per heavy atom. The third kappa shape index (κ3) is 1.51. The van der Waals surface area contributed by atoms with Crippen molar-refractivity contribution in [1.29, 1.82) is 0 Å². The van der Waals surface area contributed by atoms with Crippen molar-refractivity contribution >= 4 is 28.0 Å². The van der Waals surface area contributed by atoms with E-state index >= 15 is 0 Å². The Kier molecular flexibility index (Phi) is 2.17. The van der Waals surface area contributed by atoms with Gasteiger partial charge < -0.3 is 0 Å². The number of hydrogen-bond donors (Lipinski definition) is 1. The summed E-state index contributed by atoms with van der Waals surface area (Å²) in [6, 6.07) is 12.7. The summed E-state index contributed by atoms with van der Waals surface area (Å²) in [4.78, 5) is 16.8. The van der Waals surface area contributed by atoms with Crippen LogP contribution in [0.1, 0.15) is 10.4 Å². The molecule has 0 aliphatic carbocycles. The number of hydrogen-bond acceptors (Lipinski definition) is 4. The molecule has 0 bridgehead atoms. The fraction of sp³-hybridized carbons (Fsp3) is 0. The van der Waals surface area contributed by atoms with Gasteiger partial charge in [0.15, 0.2) is 0 Å². The lowest BCUT2D eigenvalue weighted by Gasteiger charge is -2.02. The molecule has 0 atom stereocenters. The number of nitrogens with zero attached hydrogens (tertiary/aromatic N) is 4. The second-order valence-electron chi connectivity index (χ2n) is 4.44. The lowest BCUT2D eigenvalue weighted by atomic mass is 10.2. The second kappa shape index (κ2) is 3.99. The van der Waals surface area contributed by atoms with Crippen LogP contribution in [0.3, 0.4) is 0 Å². The zero-order chi connectivity index (χ0) is 13.5. The Morgan fingerprint density at radius 2 is 1.85 bits per heavy atom. The first kappa shape index (κ1) is 10.9. The van der Waals surface area contributed by atoms with E-state index in [1.54, 1.807) is 24.5 Å². The summed E-state index contributed by atoms with van der Waals surface area (Å²) in [6.45, 7) is 0. The highest BCUT2D eigenvalue weighted by molar-refractivity contribution is 6.02. The zero-order valence-corrected chi connectivity index (χ0v) is 10.3. The molecule has 0 fully saturated rings. The van der Waals surface area contributed by atoms with E-state index in [4.69, 9.17) is 0 Å². The van der Waals surface area contributed by atoms with Gasteiger partial charge in [-0.1, -0.05) is 12.1 Å². The quantitative estimate of drug-likeness (QED) is 0.569. The molecule has 0 unspecified atom stereocenters. The first-order chi connectivity index (χ1) is 9.83. The van der Waals surface area contributed by atoms with E-state index in [-0.39, 0.29) is 5.91 Å². The highest BCUT2D eigenvalue weighted by Crippen LogP contribution is 2.16. The van der Waals surface area contributed by atoms with Crippen LogP contribution >= 0.6 is 0 Å². The summed E-state index contributed by atoms with van der Waals surface area (Å²) in [5, 5.41) is 10.5. The molecule has 0 amide bonds. The number of nitrogens with one attached hydrogen (secondary N) is 1. The fourth-order valence-electron chi connectivity index (χ4n) is 2.23. The first-order valence-corrected chi connectivity index (χ1v) is 6.10. The topological polar surface area (TPSA) is 76.5 Å². The van der Waals surface area contributed by atoms with Crippen LogP contribution in [0.25, 0.3) is 22.1 Å². The Bertz CT molecular complexity index is 937. The van der Waals surface area contributed by atoms with Crippen LogP contribution < -0.4 is 0 Å². The maximum atomic E-state index is 12.6. The molecule has 0 aliphatic rings. The van der Waals surface area contributed by atoms with Crippen molar-refractivity contribution in [2.45, 2.75) is 0 Å². The molecule has 2 aromatic heterocycles. The van der Waals surface area contributed by atoms with Crippen molar-refractivity contribution in [2.24, 2.45) is 0 Å². The number of imidazole rings is 1. The summed E-state index contributed by atoms with van der Waals surface area (Å²) in [5.41, 5.74) is 3.54. The minimum Gasteiger partial charge on any atom is -0.268 e. The normalized spacial score (nSPS) is 11.2. The highest BCUT2D eigenvalue weighted by Gasteiger charge is 2.13. The molecular weight excluding hydrogens is 254 g/mol. The number of carbonyl (C=O) groups is 1. The number of aromatic amines is 1. The van der Waals surface area contributed by atoms with Gasteiger partial charge in [-0.15, -0.1) is 0 Å². The summed E-state index contributed by atoms with van der Waals surface area (Å²) in [6.07, 6.45) is 1.54. The fourth-order valence-corrected chi connectivity index (χ4v) is 2.23. The van der Waals surface area contributed by atoms with Gasteiger partial charge in [0.1, 0.15) is 17.4 Å². The molecule has 6 heteroatoms. The van der Waals surface area contributed by atoms with Gasteiger partial charge in [-0.2, -0.15) is 15.4 Å². The third-order valence-corrected chi connectivity index (χ3v) is 3.24. The van der Waals surface area contributed by atoms with E-state index in [1.165, 1.54) is 4.57 Å². The molecule has 96 valence electrons. The Hall–Kier alpha value is -3.02. The maximum absolute atomic E-state index is 12.6. The van der Waals surface area contributed by atoms with E-state index in [2.05, 4.69) is 20.4 Å². The minimum absolute atomic E-state index is 0.136. The number of aromatic nitrogens is 5. The van der Waals surface area contributed by atoms with Crippen molar-refractivity contribution < 1.29 is 4.79 Å². The van der Waals surface area contributed by atoms with Crippen molar-refractivity contribution in [3.63, 3.8) is 0 Å². The van der Waals surface area contributed by atoms with Gasteiger partial charge in [0, 0.05) is 5.56 Å². The molecule has 4 rings (SSSR count). The molecule has 20 heavy (non-hydrogen) atoms. The molecule has 6 nitrogen and oxygen atoms in total. The average Bonchev–Trinajstić information content (AvgIpc) is 3.12. The van der Waals surface area contributed by atoms with Crippen LogP contribution in [0, 0.1) is 0 Å². The van der Waals surface area contributed by atoms with Crippen molar-refractivity contribution in [3.05, 3.63) is 54.4 Å². The predicted molar refractivity (Wildman–Crippen MR) is 73.4 cm³/mol. The number of H-pyrrole nitrogens is 1. The Balaban J connectivity index is 1.86. The van der Waals surface area contributed by atoms with Crippen LogP contribution in [-0.2, 0) is 0 Å². The monoisotopic (exact) mass is 263 g/mol. The van der Waals surface area contributed by atoms with Crippen molar-refractivity contribution in [3.8, 4) is 0 Å². The SMILES string of the molecule is O=C(c1ccc2n[nH]nc2c1)n1cnc2ccccc21. The van der Waals surface area contributed by atoms with E-state index in [0.717, 1.165) is 16.6 Å². The van der Waals surface area contributed by atoms with E-state index in [0.29, 0.717) is 11.1 Å². The molecule has 2 aromatic carbocycles. The second-order valence-corrected chi connectivity index (χ2v) is 4.44. The molecule has 4 aromatic rings. The molecule has 0 aliphatic heterocycles. The number of carbonyl (C=O) groups excluding carboxylic acids is 1. The molecule has 0 saturated carbocycles. The lowest BCUT2D eigenvalue weighted by Crippen LogP contribution is -2.10. The minimum atomic E-state index is -0.136. The van der Waals surface area contributed by atoms with E-state index < -0.39 is 0 Å². The average molecular weight is 263 g/mol. The van der Waals surface area contributed by atoms with Crippen LogP contribution in [0.4, 0.5) is 0 Å². The molecule has 0 saturated heterocycles. The molecule has 0 radical (unpaired) electrons. The number of benzene rings is 2. The Morgan fingerprint density at radius 1 is 1.00 bits per heavy atom. The van der Waals surface area contributed by atoms with Crippen LogP contribution in [-0.4, -0.2) is 30.9 Å². The standard InChI is InChI=1S/C14H9N5O/c20-14(9-5-6-10-12(7-9)17-18-16-10)19-8-15-11-3-1-2-4-13(11)19/h1-8H,(H,16,17,18). The van der Waals surface area contributed by atoms with Crippen LogP contribution in [0.5, 0.6) is 0 Å². The number of para-hydroxylation sites is 2. The third-order valence-electron chi connectivity index (χ3n) is 3.24. The largest absolute Gasteiger partial charge is 0.268 e. The summed E-state index contributed by atoms with van der Waals surface area (Å²) in [7, 11) is 0. The summed E-state index contributed by atoms with van der Waals surface area (Å²) < 4.78 is 1.54. The maximum Gasteiger partial charge on any atom is 0.263 e. The number of fused-ring (bicyclic) bond motifs is 2. The van der Waals surface area contributed by atoms with Gasteiger partial charge in [-0.3, -0.25) is 9.36 Å². The van der Waals surface area contributed by atoms with Crippen LogP contribution in [0.2, 0.25) is 0 Å². The molecular formula is C14H9N5O. The predicted octanol–water partition coefficient (Wildman–Crippen LogP) is 2.00. The highest BCUT2D eigenvalue weighted by atomic mass is 16.2. The van der Waals surface area contributed by atoms with Crippen LogP contribution in [0.15, 0.2) is 48.8 Å². The summed E-state index contributed by atoms with van der Waals surface area (Å²) >= 11 is 0. The Labute approximate surface area is 113 Å². The van der Waals surface area contributed by atoms with Crippen molar-refractivity contribution in [1.82, 2.24) is 25.0 Å². The van der Waals surface area contributed by atoms with Gasteiger partial charge >= 0.3 is 0 Å². The molecule has 1 N–H and O–H groups in total. The van der Waals surface area contributed by atoms with Crippen molar-refractivity contribution in [2.75, 3.05) is 0 Å². The van der Waals surface area contributed by atoms with Gasteiger partial charge in [0.2, 0.25) is 0 Å². The van der Waals surface area contributed by atoms with Gasteiger partial charge in [-0.05, 0) is 30.3 Å². The van der Waals surface area contributed by atoms with E-state index in [9.17, 15) is 4.79 Å². The smallest absolute Gasteiger partial charge is 0.263 e. The van der Waals surface area contributed by atoms with Gasteiger partial charge in [0.05, 0.1) is 11.0 Å². The first-order valence-electron chi connectivity index (χ1n) is 6.10. The van der Waals surface area contributed by atoms with Gasteiger partial charge in [-0.25, -0.2) is 4.98 Å². The number of rotatable bonds is 1. The summed E-state index contributed by atoms with van der Waals surface area (Å²) in [5.74, 6) is -0.136. The van der Waals surface area contributed by atoms with Gasteiger partial charge in [0.25, 0.3) is 5.91 Å². The molecule has 0 spiro atoms. The zero-order valence-electron chi connectivity index (χ0n) is 10.3. The molecule has 2 heterocycles. The lowest BCUT2D eigenvalue weighted by molar-refractivity contribution is 0.0964.